The Morgan fingerprint density at radius 1 is 1.20 bits per heavy atom. The molecule has 0 heterocycles. The second-order valence-corrected chi connectivity index (χ2v) is 5.42. The molecule has 0 aliphatic carbocycles. The van der Waals surface area contributed by atoms with Crippen LogP contribution in [0.25, 0.3) is 0 Å². The number of carboxylic acids is 1. The van der Waals surface area contributed by atoms with Crippen LogP contribution in [0.3, 0.4) is 0 Å². The Morgan fingerprint density at radius 3 is 2.56 bits per heavy atom. The monoisotopic (exact) mass is 350 g/mol. The Balaban J connectivity index is 2.25. The van der Waals surface area contributed by atoms with Gasteiger partial charge in [-0.05, 0) is 31.7 Å². The Morgan fingerprint density at radius 2 is 1.92 bits per heavy atom. The highest BCUT2D eigenvalue weighted by Gasteiger charge is 2.20. The molecule has 8 heteroatoms. The molecule has 138 valence electrons. The number of nitrogens with one attached hydrogen (secondary N) is 4. The molecule has 0 fully saturated rings. The van der Waals surface area contributed by atoms with Gasteiger partial charge in [-0.2, -0.15) is 0 Å². The summed E-state index contributed by atoms with van der Waals surface area (Å²) in [6, 6.07) is 8.18. The van der Waals surface area contributed by atoms with Crippen molar-refractivity contribution >= 4 is 18.0 Å². The highest BCUT2D eigenvalue weighted by molar-refractivity contribution is 5.79. The van der Waals surface area contributed by atoms with Crippen LogP contribution in [0.5, 0.6) is 0 Å². The van der Waals surface area contributed by atoms with Gasteiger partial charge in [0.1, 0.15) is 12.6 Å². The zero-order valence-electron chi connectivity index (χ0n) is 14.4. The van der Waals surface area contributed by atoms with Crippen LogP contribution in [-0.2, 0) is 16.1 Å². The van der Waals surface area contributed by atoms with Gasteiger partial charge in [-0.3, -0.25) is 5.41 Å². The topological polar surface area (TPSA) is 124 Å². The average Bonchev–Trinajstić information content (AvgIpc) is 2.59. The number of alkyl carbamates (subject to hydrolysis) is 1. The molecule has 25 heavy (non-hydrogen) atoms. The molecule has 1 atom stereocenters. The third-order valence-corrected chi connectivity index (χ3v) is 3.38. The van der Waals surface area contributed by atoms with Crippen molar-refractivity contribution in [2.24, 2.45) is 0 Å². The van der Waals surface area contributed by atoms with E-state index in [1.54, 1.807) is 0 Å². The van der Waals surface area contributed by atoms with Crippen molar-refractivity contribution in [2.45, 2.75) is 38.8 Å². The van der Waals surface area contributed by atoms with E-state index in [9.17, 15) is 14.7 Å². The van der Waals surface area contributed by atoms with Crippen molar-refractivity contribution in [1.29, 1.82) is 5.41 Å². The van der Waals surface area contributed by atoms with Crippen molar-refractivity contribution in [3.63, 3.8) is 0 Å². The Hall–Kier alpha value is -2.77. The molecule has 1 aromatic carbocycles. The summed E-state index contributed by atoms with van der Waals surface area (Å²) >= 11 is 0. The third-order valence-electron chi connectivity index (χ3n) is 3.38. The minimum atomic E-state index is -1.09. The summed E-state index contributed by atoms with van der Waals surface area (Å²) in [4.78, 5) is 23.0. The number of unbranched alkanes of at least 4 members (excludes halogenated alkanes) is 1. The summed E-state index contributed by atoms with van der Waals surface area (Å²) < 4.78 is 5.03. The molecule has 5 N–H and O–H groups in total. The second-order valence-electron chi connectivity index (χ2n) is 5.42. The normalized spacial score (nSPS) is 11.2. The lowest BCUT2D eigenvalue weighted by Crippen LogP contribution is -2.41. The van der Waals surface area contributed by atoms with E-state index in [1.807, 2.05) is 37.3 Å². The quantitative estimate of drug-likeness (QED) is 0.248. The number of carbonyl (C=O) groups excluding carboxylic acids is 1. The van der Waals surface area contributed by atoms with Crippen LogP contribution in [0.15, 0.2) is 30.3 Å². The lowest BCUT2D eigenvalue weighted by molar-refractivity contribution is -0.139. The molecular formula is C17H26N4O4. The van der Waals surface area contributed by atoms with Crippen LogP contribution in [0, 0.1) is 5.41 Å². The van der Waals surface area contributed by atoms with Crippen LogP contribution in [0.2, 0.25) is 0 Å². The maximum atomic E-state index is 11.7. The second kappa shape index (κ2) is 11.7. The van der Waals surface area contributed by atoms with E-state index in [1.165, 1.54) is 0 Å². The van der Waals surface area contributed by atoms with Gasteiger partial charge >= 0.3 is 12.1 Å². The lowest BCUT2D eigenvalue weighted by Gasteiger charge is -2.15. The molecule has 0 saturated carbocycles. The summed E-state index contributed by atoms with van der Waals surface area (Å²) in [7, 11) is 0. The van der Waals surface area contributed by atoms with E-state index in [-0.39, 0.29) is 12.6 Å². The highest BCUT2D eigenvalue weighted by atomic mass is 16.5. The van der Waals surface area contributed by atoms with Gasteiger partial charge in [-0.25, -0.2) is 9.59 Å². The third kappa shape index (κ3) is 9.19. The number of benzene rings is 1. The van der Waals surface area contributed by atoms with Crippen LogP contribution in [0.1, 0.15) is 31.7 Å². The molecule has 8 nitrogen and oxygen atoms in total. The maximum Gasteiger partial charge on any atom is 0.408 e. The van der Waals surface area contributed by atoms with Crippen LogP contribution in [-0.4, -0.2) is 42.3 Å². The number of carboxylic acid groups (broad SMARTS) is 1. The minimum absolute atomic E-state index is 0.0927. The van der Waals surface area contributed by atoms with E-state index >= 15 is 0 Å². The maximum absolute atomic E-state index is 11.7. The lowest BCUT2D eigenvalue weighted by atomic mass is 10.1. The number of rotatable bonds is 10. The number of ether oxygens (including phenoxy) is 1. The SMILES string of the molecule is CCNC(=N)NCCCC[C@@H](NC(=O)OCc1ccccc1)C(=O)O. The first kappa shape index (κ1) is 20.3. The molecule has 0 spiro atoms. The zero-order chi connectivity index (χ0) is 18.5. The van der Waals surface area contributed by atoms with E-state index in [0.29, 0.717) is 32.4 Å². The van der Waals surface area contributed by atoms with E-state index in [4.69, 9.17) is 10.1 Å². The minimum Gasteiger partial charge on any atom is -0.480 e. The number of aliphatic carboxylic acids is 1. The van der Waals surface area contributed by atoms with Gasteiger partial charge in [0.15, 0.2) is 5.96 Å². The van der Waals surface area contributed by atoms with Crippen LogP contribution in [0.4, 0.5) is 4.79 Å². The molecule has 0 bridgehead atoms. The van der Waals surface area contributed by atoms with Crippen molar-refractivity contribution in [1.82, 2.24) is 16.0 Å². The molecule has 0 aliphatic rings. The first-order chi connectivity index (χ1) is 12.0. The molecule has 1 amide bonds. The number of hydrogen-bond acceptors (Lipinski definition) is 4. The zero-order valence-corrected chi connectivity index (χ0v) is 14.4. The number of amides is 1. The fraction of sp³-hybridized carbons (Fsp3) is 0.471. The van der Waals surface area contributed by atoms with Gasteiger partial charge in [-0.15, -0.1) is 0 Å². The Kier molecular flexibility index (Phi) is 9.50. The van der Waals surface area contributed by atoms with Gasteiger partial charge in [0, 0.05) is 13.1 Å². The fourth-order valence-corrected chi connectivity index (χ4v) is 2.09. The summed E-state index contributed by atoms with van der Waals surface area (Å²) in [5, 5.41) is 24.8. The number of hydrogen-bond donors (Lipinski definition) is 5. The van der Waals surface area contributed by atoms with Crippen molar-refractivity contribution < 1.29 is 19.4 Å². The van der Waals surface area contributed by atoms with Gasteiger partial charge < -0.3 is 25.8 Å². The molecule has 0 saturated heterocycles. The molecule has 0 unspecified atom stereocenters. The highest BCUT2D eigenvalue weighted by Crippen LogP contribution is 2.04. The molecule has 0 aromatic heterocycles. The first-order valence-corrected chi connectivity index (χ1v) is 8.29. The number of carbonyl (C=O) groups is 2. The van der Waals surface area contributed by atoms with Crippen LogP contribution < -0.4 is 16.0 Å². The summed E-state index contributed by atoms with van der Waals surface area (Å²) in [6.07, 6.45) is 0.843. The average molecular weight is 350 g/mol. The largest absolute Gasteiger partial charge is 0.480 e. The molecule has 1 aromatic rings. The van der Waals surface area contributed by atoms with Gasteiger partial charge in [0.2, 0.25) is 0 Å². The Bertz CT molecular complexity index is 551. The predicted octanol–water partition coefficient (Wildman–Crippen LogP) is 1.67. The van der Waals surface area contributed by atoms with E-state index in [2.05, 4.69) is 16.0 Å². The molecule has 1 rings (SSSR count). The summed E-state index contributed by atoms with van der Waals surface area (Å²) in [6.45, 7) is 3.23. The van der Waals surface area contributed by atoms with E-state index in [0.717, 1.165) is 5.56 Å². The van der Waals surface area contributed by atoms with Crippen molar-refractivity contribution in [3.05, 3.63) is 35.9 Å². The molecule has 0 radical (unpaired) electrons. The smallest absolute Gasteiger partial charge is 0.408 e. The first-order valence-electron chi connectivity index (χ1n) is 8.29. The molecular weight excluding hydrogens is 324 g/mol. The summed E-state index contributed by atoms with van der Waals surface area (Å²) in [5.41, 5.74) is 0.832. The van der Waals surface area contributed by atoms with Crippen molar-refractivity contribution in [2.75, 3.05) is 13.1 Å². The van der Waals surface area contributed by atoms with Gasteiger partial charge in [0.05, 0.1) is 0 Å². The predicted molar refractivity (Wildman–Crippen MR) is 94.4 cm³/mol. The van der Waals surface area contributed by atoms with Gasteiger partial charge in [-0.1, -0.05) is 30.3 Å². The summed E-state index contributed by atoms with van der Waals surface area (Å²) in [5.74, 6) is -0.843. The van der Waals surface area contributed by atoms with E-state index < -0.39 is 18.1 Å². The molecule has 0 aliphatic heterocycles. The fourth-order valence-electron chi connectivity index (χ4n) is 2.09. The number of guanidine groups is 1. The van der Waals surface area contributed by atoms with Gasteiger partial charge in [0.25, 0.3) is 0 Å². The standard InChI is InChI=1S/C17H26N4O4/c1-2-19-16(18)20-11-7-6-10-14(15(22)23)21-17(24)25-12-13-8-4-3-5-9-13/h3-5,8-9,14H,2,6-7,10-12H2,1H3,(H,21,24)(H,22,23)(H3,18,19,20)/t14-/m1/s1. The van der Waals surface area contributed by atoms with Crippen LogP contribution >= 0.6 is 0 Å². The van der Waals surface area contributed by atoms with Crippen molar-refractivity contribution in [3.8, 4) is 0 Å². The Labute approximate surface area is 147 Å².